The Bertz CT molecular complexity index is 1560. The van der Waals surface area contributed by atoms with Gasteiger partial charge in [0.2, 0.25) is 6.23 Å². The van der Waals surface area contributed by atoms with E-state index in [0.717, 1.165) is 21.5 Å². The quantitative estimate of drug-likeness (QED) is 0.242. The number of nitrogens with zero attached hydrogens (tertiary/aromatic N) is 1. The Hall–Kier alpha value is -2.32. The molecule has 4 heterocycles. The summed E-state index contributed by atoms with van der Waals surface area (Å²) in [5, 5.41) is 1.60. The van der Waals surface area contributed by atoms with Crippen molar-refractivity contribution in [2.75, 3.05) is 0 Å². The molecule has 0 amide bonds. The summed E-state index contributed by atoms with van der Waals surface area (Å²) >= 11 is 8.15. The van der Waals surface area contributed by atoms with E-state index in [-0.39, 0.29) is 5.82 Å². The van der Waals surface area contributed by atoms with Crippen molar-refractivity contribution in [3.63, 3.8) is 0 Å². The number of hydrogen-bond donors (Lipinski definition) is 0. The third-order valence-electron chi connectivity index (χ3n) is 8.78. The van der Waals surface area contributed by atoms with Gasteiger partial charge in [0.15, 0.2) is 0 Å². The van der Waals surface area contributed by atoms with Crippen LogP contribution in [0.4, 0.5) is 4.39 Å². The fourth-order valence-corrected chi connectivity index (χ4v) is 7.38. The molecule has 0 N–H and O–H groups in total. The van der Waals surface area contributed by atoms with E-state index in [1.165, 1.54) is 36.6 Å². The zero-order valence-corrected chi connectivity index (χ0v) is 23.6. The van der Waals surface area contributed by atoms with Gasteiger partial charge in [-0.25, -0.2) is 4.39 Å². The summed E-state index contributed by atoms with van der Waals surface area (Å²) in [5.41, 5.74) is 1.76. The van der Waals surface area contributed by atoms with Gasteiger partial charge in [-0.15, -0.1) is 11.3 Å². The number of fused-ring (bicyclic) bond motifs is 5. The predicted molar refractivity (Wildman–Crippen MR) is 152 cm³/mol. The van der Waals surface area contributed by atoms with Crippen molar-refractivity contribution in [3.8, 4) is 17.0 Å². The van der Waals surface area contributed by atoms with Crippen LogP contribution in [0, 0.1) is 5.82 Å². The summed E-state index contributed by atoms with van der Waals surface area (Å²) in [6.07, 6.45) is 4.66. The summed E-state index contributed by atoms with van der Waals surface area (Å²) in [4.78, 5) is 2.51. The summed E-state index contributed by atoms with van der Waals surface area (Å²) in [6.45, 7) is 7.99. The molecule has 1 unspecified atom stereocenters. The van der Waals surface area contributed by atoms with Crippen LogP contribution in [-0.2, 0) is 9.31 Å². The molecular formula is C30H30BClFNO3S. The standard InChI is InChI=1S/C30H30BClFNO3S/c1-29(2)30(3,4)37-31(36-29)19-15-21(33)27-23-14-18-13-20(32)9-10-22(18)34(23)28(35-24(27)16-19)26-12-11-25(38-26)17-7-5-6-8-17/h9-17,28H,5-8H2,1-4H3. The molecule has 38 heavy (non-hydrogen) atoms. The number of ether oxygens (including phenoxy) is 1. The molecule has 7 rings (SSSR count). The molecule has 0 bridgehead atoms. The first-order chi connectivity index (χ1) is 18.1. The van der Waals surface area contributed by atoms with E-state index in [1.54, 1.807) is 0 Å². The van der Waals surface area contributed by atoms with E-state index in [4.69, 9.17) is 25.6 Å². The highest BCUT2D eigenvalue weighted by atomic mass is 35.5. The van der Waals surface area contributed by atoms with Crippen molar-refractivity contribution in [1.82, 2.24) is 4.57 Å². The van der Waals surface area contributed by atoms with Gasteiger partial charge in [0.25, 0.3) is 0 Å². The van der Waals surface area contributed by atoms with Gasteiger partial charge in [0, 0.05) is 15.3 Å². The van der Waals surface area contributed by atoms with Crippen LogP contribution < -0.4 is 10.2 Å². The SMILES string of the molecule is CC1(C)OB(c2cc(F)c3c(c2)OC(c2ccc(C4CCCC4)s2)n2c-3cc3cc(Cl)ccc32)OC1(C)C. The number of hydrogen-bond acceptors (Lipinski definition) is 4. The third kappa shape index (κ3) is 3.77. The second-order valence-electron chi connectivity index (χ2n) is 11.8. The molecule has 1 saturated carbocycles. The van der Waals surface area contributed by atoms with Crippen LogP contribution in [0.1, 0.15) is 75.3 Å². The number of rotatable bonds is 3. The normalized spacial score (nSPS) is 22.1. The molecular weight excluding hydrogens is 520 g/mol. The highest BCUT2D eigenvalue weighted by Gasteiger charge is 2.52. The Balaban J connectivity index is 1.37. The Kier molecular flexibility index (Phi) is 5.59. The zero-order chi connectivity index (χ0) is 26.4. The topological polar surface area (TPSA) is 32.6 Å². The van der Waals surface area contributed by atoms with Crippen molar-refractivity contribution in [3.05, 3.63) is 69.1 Å². The van der Waals surface area contributed by atoms with Gasteiger partial charge < -0.3 is 14.0 Å². The molecule has 1 aliphatic carbocycles. The molecule has 0 radical (unpaired) electrons. The van der Waals surface area contributed by atoms with Crippen LogP contribution in [0.3, 0.4) is 0 Å². The molecule has 0 spiro atoms. The van der Waals surface area contributed by atoms with Crippen molar-refractivity contribution in [1.29, 1.82) is 0 Å². The van der Waals surface area contributed by atoms with Crippen LogP contribution in [0.2, 0.25) is 5.02 Å². The molecule has 2 aliphatic heterocycles. The molecule has 196 valence electrons. The van der Waals surface area contributed by atoms with Gasteiger partial charge in [-0.2, -0.15) is 0 Å². The number of aromatic nitrogens is 1. The summed E-state index contributed by atoms with van der Waals surface area (Å²) in [5.74, 6) is 0.757. The lowest BCUT2D eigenvalue weighted by atomic mass is 9.78. The average molecular weight is 550 g/mol. The Morgan fingerprint density at radius 2 is 1.66 bits per heavy atom. The first kappa shape index (κ1) is 24.7. The maximum Gasteiger partial charge on any atom is 0.495 e. The fraction of sp³-hybridized carbons (Fsp3) is 0.400. The molecule has 3 aliphatic rings. The van der Waals surface area contributed by atoms with Gasteiger partial charge in [-0.3, -0.25) is 4.57 Å². The highest BCUT2D eigenvalue weighted by Crippen LogP contribution is 2.48. The zero-order valence-electron chi connectivity index (χ0n) is 22.0. The highest BCUT2D eigenvalue weighted by molar-refractivity contribution is 7.12. The van der Waals surface area contributed by atoms with Gasteiger partial charge in [0.1, 0.15) is 11.6 Å². The Labute approximate surface area is 231 Å². The lowest BCUT2D eigenvalue weighted by Crippen LogP contribution is -2.41. The summed E-state index contributed by atoms with van der Waals surface area (Å²) in [7, 11) is -0.677. The van der Waals surface area contributed by atoms with Crippen molar-refractivity contribution in [2.45, 2.75) is 76.7 Å². The van der Waals surface area contributed by atoms with E-state index in [9.17, 15) is 0 Å². The van der Waals surface area contributed by atoms with E-state index in [2.05, 4.69) is 16.7 Å². The first-order valence-electron chi connectivity index (χ1n) is 13.4. The van der Waals surface area contributed by atoms with E-state index >= 15 is 4.39 Å². The molecule has 1 atom stereocenters. The molecule has 4 nitrogen and oxygen atoms in total. The minimum absolute atomic E-state index is 0.362. The number of thiophene rings is 1. The Morgan fingerprint density at radius 1 is 0.947 bits per heavy atom. The van der Waals surface area contributed by atoms with Gasteiger partial charge in [-0.05, 0) is 100 Å². The minimum atomic E-state index is -0.677. The van der Waals surface area contributed by atoms with Crippen LogP contribution >= 0.6 is 22.9 Å². The Morgan fingerprint density at radius 3 is 2.39 bits per heavy atom. The molecule has 4 aromatic rings. The minimum Gasteiger partial charge on any atom is -0.464 e. The van der Waals surface area contributed by atoms with Crippen LogP contribution in [0.25, 0.3) is 22.2 Å². The molecule has 2 aromatic carbocycles. The van der Waals surface area contributed by atoms with E-state index in [0.29, 0.717) is 27.7 Å². The lowest BCUT2D eigenvalue weighted by molar-refractivity contribution is 0.00578. The molecule has 2 fully saturated rings. The number of halogens is 2. The van der Waals surface area contributed by atoms with Crippen LogP contribution in [0.5, 0.6) is 5.75 Å². The maximum atomic E-state index is 16.0. The third-order valence-corrected chi connectivity index (χ3v) is 10.3. The largest absolute Gasteiger partial charge is 0.495 e. The monoisotopic (exact) mass is 549 g/mol. The van der Waals surface area contributed by atoms with Gasteiger partial charge in [-0.1, -0.05) is 24.4 Å². The summed E-state index contributed by atoms with van der Waals surface area (Å²) in [6, 6.07) is 15.6. The lowest BCUT2D eigenvalue weighted by Gasteiger charge is -2.32. The van der Waals surface area contributed by atoms with Crippen molar-refractivity contribution in [2.24, 2.45) is 0 Å². The second kappa shape index (κ2) is 8.59. The van der Waals surface area contributed by atoms with E-state index < -0.39 is 24.5 Å². The van der Waals surface area contributed by atoms with Crippen molar-refractivity contribution >= 4 is 46.4 Å². The maximum absolute atomic E-state index is 16.0. The molecule has 2 aromatic heterocycles. The first-order valence-corrected chi connectivity index (χ1v) is 14.6. The van der Waals surface area contributed by atoms with Crippen LogP contribution in [0.15, 0.2) is 48.5 Å². The summed E-state index contributed by atoms with van der Waals surface area (Å²) < 4.78 is 37.2. The number of benzene rings is 2. The van der Waals surface area contributed by atoms with Crippen LogP contribution in [-0.4, -0.2) is 22.9 Å². The molecule has 8 heteroatoms. The smallest absolute Gasteiger partial charge is 0.464 e. The second-order valence-corrected chi connectivity index (χ2v) is 13.3. The fourth-order valence-electron chi connectivity index (χ4n) is 6.00. The predicted octanol–water partition coefficient (Wildman–Crippen LogP) is 8.06. The van der Waals surface area contributed by atoms with Gasteiger partial charge >= 0.3 is 7.12 Å². The van der Waals surface area contributed by atoms with Crippen molar-refractivity contribution < 1.29 is 18.4 Å². The van der Waals surface area contributed by atoms with Gasteiger partial charge in [0.05, 0.1) is 32.9 Å². The molecule has 1 saturated heterocycles. The van der Waals surface area contributed by atoms with E-state index in [1.807, 2.05) is 69.4 Å². The average Bonchev–Trinajstić information content (AvgIpc) is 3.63.